The Labute approximate surface area is 373 Å². The van der Waals surface area contributed by atoms with Gasteiger partial charge in [0.2, 0.25) is 0 Å². The second-order valence-corrected chi connectivity index (χ2v) is 52.0. The van der Waals surface area contributed by atoms with Gasteiger partial charge in [0.05, 0.1) is 0 Å². The van der Waals surface area contributed by atoms with Crippen LogP contribution in [-0.2, 0) is 17.4 Å². The van der Waals surface area contributed by atoms with Crippen molar-refractivity contribution >= 4 is 65.4 Å². The summed E-state index contributed by atoms with van der Waals surface area (Å²) in [5, 5.41) is 5.43. The fourth-order valence-electron chi connectivity index (χ4n) is 15.0. The van der Waals surface area contributed by atoms with Gasteiger partial charge in [-0.3, -0.25) is 0 Å². The molecule has 2 atom stereocenters. The van der Waals surface area contributed by atoms with Crippen molar-refractivity contribution in [3.8, 4) is 22.3 Å². The van der Waals surface area contributed by atoms with Crippen LogP contribution in [0.5, 0.6) is 0 Å². The summed E-state index contributed by atoms with van der Waals surface area (Å²) in [6.07, 6.45) is 22.7. The van der Waals surface area contributed by atoms with Crippen molar-refractivity contribution in [1.82, 2.24) is 0 Å². The molecule has 2 unspecified atom stereocenters. The Bertz CT molecular complexity index is 2620. The first-order chi connectivity index (χ1) is 28.2. The maximum atomic E-state index is 2.93. The summed E-state index contributed by atoms with van der Waals surface area (Å²) >= 11 is -3.97. The van der Waals surface area contributed by atoms with Gasteiger partial charge in [-0.15, -0.1) is 24.8 Å². The second-order valence-electron chi connectivity index (χ2n) is 21.6. The molecule has 6 aromatic carbocycles. The van der Waals surface area contributed by atoms with Crippen molar-refractivity contribution < 1.29 is 17.4 Å². The molecule has 0 saturated heterocycles. The van der Waals surface area contributed by atoms with Gasteiger partial charge in [0, 0.05) is 0 Å². The van der Waals surface area contributed by atoms with E-state index in [1.165, 1.54) is 121 Å². The van der Waals surface area contributed by atoms with Gasteiger partial charge in [0.15, 0.2) is 0 Å². The van der Waals surface area contributed by atoms with E-state index in [9.17, 15) is 0 Å². The molecule has 0 spiro atoms. The van der Waals surface area contributed by atoms with E-state index in [1.54, 1.807) is 22.3 Å². The molecule has 4 fully saturated rings. The van der Waals surface area contributed by atoms with E-state index in [-0.39, 0.29) is 24.8 Å². The minimum atomic E-state index is -3.97. The number of rotatable bonds is 8. The molecule has 0 aromatic heterocycles. The predicted octanol–water partition coefficient (Wildman–Crippen LogP) is 16.0. The van der Waals surface area contributed by atoms with Crippen LogP contribution >= 0.6 is 24.8 Å². The first kappa shape index (κ1) is 41.0. The topological polar surface area (TPSA) is 0 Å². The van der Waals surface area contributed by atoms with Gasteiger partial charge in [-0.05, 0) is 0 Å². The average molecular weight is 923 g/mol. The summed E-state index contributed by atoms with van der Waals surface area (Å²) in [4.78, 5) is 0. The minimum absolute atomic E-state index is 0. The van der Waals surface area contributed by atoms with Crippen LogP contribution in [0.25, 0.3) is 56.0 Å². The van der Waals surface area contributed by atoms with Crippen LogP contribution in [0.15, 0.2) is 132 Å². The van der Waals surface area contributed by atoms with Crippen LogP contribution in [0.4, 0.5) is 0 Å². The van der Waals surface area contributed by atoms with Crippen molar-refractivity contribution in [1.29, 1.82) is 0 Å². The van der Waals surface area contributed by atoms with Gasteiger partial charge in [0.1, 0.15) is 0 Å². The van der Waals surface area contributed by atoms with E-state index in [1.807, 2.05) is 11.1 Å². The van der Waals surface area contributed by atoms with E-state index in [2.05, 4.69) is 150 Å². The molecule has 60 heavy (non-hydrogen) atoms. The van der Waals surface area contributed by atoms with Crippen LogP contribution in [0.2, 0.25) is 9.26 Å². The third-order valence-electron chi connectivity index (χ3n) is 17.3. The fraction of sp³-hybridized carbons (Fsp3) is 0.357. The van der Waals surface area contributed by atoms with Crippen LogP contribution in [-0.4, -0.2) is 6.88 Å². The standard InChI is InChI=1S/2C27H25.2CH3.2ClH.H2Si.Zr/c2*1-2-8-23-21(5-1)6-3-9-24(23)25-10-4-7-22-15-20(16-26(22)25)18-27-13-11-19(17-27)12-14-27;;;;;;/h2*1-10,15-16,19H,11-14,17-18H2;2*1H3;2*1H;1H2;. The molecular weight excluding hydrogens is 863 g/mol. The summed E-state index contributed by atoms with van der Waals surface area (Å²) in [5.41, 5.74) is 16.7. The van der Waals surface area contributed by atoms with E-state index in [0.717, 1.165) is 11.8 Å². The van der Waals surface area contributed by atoms with Crippen molar-refractivity contribution in [2.45, 2.75) is 93.6 Å². The normalized spacial score (nSPS) is 27.4. The SMILES string of the molecule is Cl.Cl.[CH3][Zr]([CH3])(=[SiH2])([CH]1C(CC23CCC(CC2)C3)=Cc2c(-c3cccc4ccccc34)cccc21)[CH]1C(CC23CCC(CC2)C3)=Cc2c(-c3cccc4ccccc34)cccc21. The molecule has 0 amide bonds. The van der Waals surface area contributed by atoms with Gasteiger partial charge in [-0.2, -0.15) is 0 Å². The molecule has 0 nitrogen and oxygen atoms in total. The first-order valence-electron chi connectivity index (χ1n) is 22.9. The molecule has 4 bridgehead atoms. The van der Waals surface area contributed by atoms with Crippen molar-refractivity contribution in [3.63, 3.8) is 0 Å². The van der Waals surface area contributed by atoms with E-state index in [0.29, 0.717) is 18.1 Å². The quantitative estimate of drug-likeness (QED) is 0.133. The Kier molecular flexibility index (Phi) is 10.1. The van der Waals surface area contributed by atoms with Gasteiger partial charge >= 0.3 is 351 Å². The number of allylic oxidation sites excluding steroid dienone is 2. The first-order valence-corrected chi connectivity index (χ1v) is 36.5. The van der Waals surface area contributed by atoms with Gasteiger partial charge in [-0.25, -0.2) is 0 Å². The molecule has 0 N–H and O–H groups in total. The van der Waals surface area contributed by atoms with Crippen LogP contribution < -0.4 is 0 Å². The molecule has 6 aromatic rings. The molecule has 4 saturated carbocycles. The molecule has 0 aliphatic heterocycles. The fourth-order valence-corrected chi connectivity index (χ4v) is 34.7. The number of halogens is 2. The van der Waals surface area contributed by atoms with E-state index < -0.39 is 17.4 Å². The molecular formula is C56H60Cl2SiZr. The zero-order valence-corrected chi connectivity index (χ0v) is 41.0. The van der Waals surface area contributed by atoms with Crippen LogP contribution in [0.3, 0.4) is 0 Å². The summed E-state index contributed by atoms with van der Waals surface area (Å²) < 4.78 is 6.95. The third-order valence-corrected chi connectivity index (χ3v) is 34.8. The van der Waals surface area contributed by atoms with E-state index in [4.69, 9.17) is 0 Å². The molecule has 4 heteroatoms. The monoisotopic (exact) mass is 920 g/mol. The summed E-state index contributed by atoms with van der Waals surface area (Å²) in [6, 6.07) is 47.0. The number of benzene rings is 6. The van der Waals surface area contributed by atoms with Crippen LogP contribution in [0.1, 0.15) is 107 Å². The summed E-state index contributed by atoms with van der Waals surface area (Å²) in [7, 11) is 0. The van der Waals surface area contributed by atoms with Crippen molar-refractivity contribution in [2.75, 3.05) is 0 Å². The van der Waals surface area contributed by atoms with Crippen molar-refractivity contribution in [2.24, 2.45) is 22.7 Å². The summed E-state index contributed by atoms with van der Waals surface area (Å²) in [6.45, 7) is 2.59. The molecule has 306 valence electrons. The molecule has 6 aliphatic rings. The van der Waals surface area contributed by atoms with Gasteiger partial charge < -0.3 is 0 Å². The Balaban J connectivity index is 0.00000216. The van der Waals surface area contributed by atoms with Gasteiger partial charge in [0.25, 0.3) is 0 Å². The Hall–Kier alpha value is -3.00. The second kappa shape index (κ2) is 14.8. The maximum absolute atomic E-state index is 3.97. The predicted molar refractivity (Wildman–Crippen MR) is 262 cm³/mol. The van der Waals surface area contributed by atoms with Gasteiger partial charge in [-0.1, -0.05) is 0 Å². The molecule has 12 rings (SSSR count). The Morgan fingerprint density at radius 1 is 0.483 bits per heavy atom. The number of hydrogen-bond donors (Lipinski definition) is 0. The molecule has 6 aliphatic carbocycles. The Morgan fingerprint density at radius 2 is 0.850 bits per heavy atom. The zero-order valence-electron chi connectivity index (χ0n) is 35.5. The number of hydrogen-bond acceptors (Lipinski definition) is 0. The van der Waals surface area contributed by atoms with E-state index >= 15 is 0 Å². The Morgan fingerprint density at radius 3 is 1.25 bits per heavy atom. The molecule has 0 radical (unpaired) electrons. The number of fused-ring (bicyclic) bond motifs is 8. The zero-order chi connectivity index (χ0) is 38.9. The van der Waals surface area contributed by atoms with Crippen molar-refractivity contribution in [3.05, 3.63) is 155 Å². The third kappa shape index (κ3) is 6.34. The average Bonchev–Trinajstić information content (AvgIpc) is 4.10. The van der Waals surface area contributed by atoms with Crippen LogP contribution in [0, 0.1) is 22.7 Å². The summed E-state index contributed by atoms with van der Waals surface area (Å²) in [5.74, 6) is 1.93. The molecule has 0 heterocycles.